The maximum absolute atomic E-state index is 4.30. The second-order valence-corrected chi connectivity index (χ2v) is 5.64. The molecular weight excluding hydrogens is 250 g/mol. The number of hydrogen-bond donors (Lipinski definition) is 1. The Hall–Kier alpha value is -1.07. The molecule has 2 aromatic heterocycles. The molecule has 2 heterocycles. The van der Waals surface area contributed by atoms with Crippen molar-refractivity contribution in [1.29, 1.82) is 0 Å². The number of nitrogens with one attached hydrogen (secondary N) is 1. The van der Waals surface area contributed by atoms with E-state index in [9.17, 15) is 0 Å². The summed E-state index contributed by atoms with van der Waals surface area (Å²) in [6.45, 7) is 6.70. The van der Waals surface area contributed by atoms with Crippen LogP contribution < -0.4 is 5.32 Å². The number of anilines is 1. The number of aromatic nitrogens is 2. The van der Waals surface area contributed by atoms with Gasteiger partial charge in [-0.1, -0.05) is 6.08 Å². The Labute approximate surface area is 109 Å². The van der Waals surface area contributed by atoms with Crippen molar-refractivity contribution in [2.45, 2.75) is 6.92 Å². The van der Waals surface area contributed by atoms with Gasteiger partial charge in [-0.2, -0.15) is 11.8 Å². The van der Waals surface area contributed by atoms with Crippen LogP contribution in [-0.2, 0) is 0 Å². The molecule has 0 aliphatic rings. The molecule has 0 unspecified atom stereocenters. The van der Waals surface area contributed by atoms with Gasteiger partial charge in [-0.15, -0.1) is 17.9 Å². The molecule has 0 radical (unpaired) electrons. The summed E-state index contributed by atoms with van der Waals surface area (Å²) in [7, 11) is 0. The van der Waals surface area contributed by atoms with Crippen LogP contribution in [0.2, 0.25) is 0 Å². The molecule has 0 bridgehead atoms. The van der Waals surface area contributed by atoms with Gasteiger partial charge in [0.05, 0.1) is 10.2 Å². The molecule has 2 rings (SSSR count). The van der Waals surface area contributed by atoms with E-state index in [0.717, 1.165) is 34.1 Å². The van der Waals surface area contributed by atoms with E-state index < -0.39 is 0 Å². The SMILES string of the molecule is C=CCSCCNc1ncnc2c(C)csc12. The van der Waals surface area contributed by atoms with Gasteiger partial charge in [0.25, 0.3) is 0 Å². The van der Waals surface area contributed by atoms with Crippen LogP contribution in [0.5, 0.6) is 0 Å². The Bertz CT molecular complexity index is 507. The summed E-state index contributed by atoms with van der Waals surface area (Å²) >= 11 is 3.56. The normalized spacial score (nSPS) is 10.6. The number of aryl methyl sites for hydroxylation is 1. The summed E-state index contributed by atoms with van der Waals surface area (Å²) in [4.78, 5) is 8.60. The highest BCUT2D eigenvalue weighted by Crippen LogP contribution is 2.28. The molecule has 17 heavy (non-hydrogen) atoms. The van der Waals surface area contributed by atoms with E-state index in [1.54, 1.807) is 17.7 Å². The summed E-state index contributed by atoms with van der Waals surface area (Å²) in [6, 6.07) is 0. The monoisotopic (exact) mass is 265 g/mol. The average Bonchev–Trinajstić information content (AvgIpc) is 2.72. The minimum absolute atomic E-state index is 0.918. The Kier molecular flexibility index (Phi) is 4.39. The van der Waals surface area contributed by atoms with E-state index in [0.29, 0.717) is 0 Å². The highest BCUT2D eigenvalue weighted by Gasteiger charge is 2.06. The van der Waals surface area contributed by atoms with Gasteiger partial charge in [0.2, 0.25) is 0 Å². The number of rotatable bonds is 6. The highest BCUT2D eigenvalue weighted by atomic mass is 32.2. The quantitative estimate of drug-likeness (QED) is 0.642. The second kappa shape index (κ2) is 6.02. The molecule has 0 fully saturated rings. The minimum Gasteiger partial charge on any atom is -0.368 e. The van der Waals surface area contributed by atoms with Crippen molar-refractivity contribution >= 4 is 39.1 Å². The van der Waals surface area contributed by atoms with Crippen LogP contribution in [0.4, 0.5) is 5.82 Å². The van der Waals surface area contributed by atoms with Crippen molar-refractivity contribution in [2.75, 3.05) is 23.4 Å². The third kappa shape index (κ3) is 2.98. The predicted molar refractivity (Wildman–Crippen MR) is 78.2 cm³/mol. The fraction of sp³-hybridized carbons (Fsp3) is 0.333. The van der Waals surface area contributed by atoms with Crippen LogP contribution in [0, 0.1) is 6.92 Å². The third-order valence-corrected chi connectivity index (χ3v) is 4.36. The van der Waals surface area contributed by atoms with Crippen molar-refractivity contribution in [1.82, 2.24) is 9.97 Å². The van der Waals surface area contributed by atoms with Crippen molar-refractivity contribution in [2.24, 2.45) is 0 Å². The summed E-state index contributed by atoms with van der Waals surface area (Å²) in [5.41, 5.74) is 2.28. The first kappa shape index (κ1) is 12.4. The van der Waals surface area contributed by atoms with E-state index in [2.05, 4.69) is 34.2 Å². The highest BCUT2D eigenvalue weighted by molar-refractivity contribution is 7.99. The molecule has 0 spiro atoms. The third-order valence-electron chi connectivity index (χ3n) is 2.31. The maximum atomic E-state index is 4.30. The van der Waals surface area contributed by atoms with Gasteiger partial charge in [-0.25, -0.2) is 9.97 Å². The Morgan fingerprint density at radius 2 is 2.41 bits per heavy atom. The van der Waals surface area contributed by atoms with Crippen LogP contribution in [0.3, 0.4) is 0 Å². The number of thiophene rings is 1. The lowest BCUT2D eigenvalue weighted by molar-refractivity contribution is 1.15. The lowest BCUT2D eigenvalue weighted by Gasteiger charge is -2.05. The Morgan fingerprint density at radius 1 is 1.53 bits per heavy atom. The molecule has 0 amide bonds. The molecule has 0 aromatic carbocycles. The molecule has 0 aliphatic heterocycles. The molecule has 0 aliphatic carbocycles. The fourth-order valence-electron chi connectivity index (χ4n) is 1.50. The molecule has 2 aromatic rings. The molecule has 0 saturated heterocycles. The summed E-state index contributed by atoms with van der Waals surface area (Å²) in [6.07, 6.45) is 3.55. The largest absolute Gasteiger partial charge is 0.368 e. The molecule has 3 nitrogen and oxygen atoms in total. The van der Waals surface area contributed by atoms with Crippen molar-refractivity contribution in [3.05, 3.63) is 29.9 Å². The fourth-order valence-corrected chi connectivity index (χ4v) is 3.05. The first-order valence-corrected chi connectivity index (χ1v) is 7.47. The van der Waals surface area contributed by atoms with Gasteiger partial charge in [0, 0.05) is 18.1 Å². The van der Waals surface area contributed by atoms with Crippen LogP contribution in [0.1, 0.15) is 5.56 Å². The first-order chi connectivity index (χ1) is 8.33. The van der Waals surface area contributed by atoms with Crippen LogP contribution in [0.15, 0.2) is 24.4 Å². The van der Waals surface area contributed by atoms with Crippen LogP contribution in [-0.4, -0.2) is 28.0 Å². The molecular formula is C12H15N3S2. The van der Waals surface area contributed by atoms with Crippen molar-refractivity contribution in [3.63, 3.8) is 0 Å². The smallest absolute Gasteiger partial charge is 0.147 e. The molecule has 0 atom stereocenters. The molecule has 90 valence electrons. The van der Waals surface area contributed by atoms with Crippen molar-refractivity contribution in [3.8, 4) is 0 Å². The Morgan fingerprint density at radius 3 is 3.24 bits per heavy atom. The van der Waals surface area contributed by atoms with E-state index in [1.807, 2.05) is 17.8 Å². The van der Waals surface area contributed by atoms with Gasteiger partial charge >= 0.3 is 0 Å². The first-order valence-electron chi connectivity index (χ1n) is 5.44. The standard InChI is InChI=1S/C12H15N3S2/c1-3-5-16-6-4-13-12-11-10(14-8-15-12)9(2)7-17-11/h3,7-8H,1,4-6H2,2H3,(H,13,14,15). The minimum atomic E-state index is 0.918. The van der Waals surface area contributed by atoms with Gasteiger partial charge in [-0.3, -0.25) is 0 Å². The van der Waals surface area contributed by atoms with E-state index in [4.69, 9.17) is 0 Å². The zero-order valence-corrected chi connectivity index (χ0v) is 11.4. The molecule has 0 saturated carbocycles. The van der Waals surface area contributed by atoms with E-state index in [-0.39, 0.29) is 0 Å². The number of nitrogens with zero attached hydrogens (tertiary/aromatic N) is 2. The predicted octanol–water partition coefficient (Wildman–Crippen LogP) is 3.33. The lowest BCUT2D eigenvalue weighted by atomic mass is 10.3. The summed E-state index contributed by atoms with van der Waals surface area (Å²) < 4.78 is 1.15. The van der Waals surface area contributed by atoms with Gasteiger partial charge in [0.15, 0.2) is 0 Å². The average molecular weight is 265 g/mol. The topological polar surface area (TPSA) is 37.8 Å². The zero-order chi connectivity index (χ0) is 12.1. The Balaban J connectivity index is 2.01. The van der Waals surface area contributed by atoms with Gasteiger partial charge < -0.3 is 5.32 Å². The van der Waals surface area contributed by atoms with Gasteiger partial charge in [-0.05, 0) is 17.9 Å². The maximum Gasteiger partial charge on any atom is 0.147 e. The number of thioether (sulfide) groups is 1. The van der Waals surface area contributed by atoms with Crippen LogP contribution >= 0.6 is 23.1 Å². The number of fused-ring (bicyclic) bond motifs is 1. The molecule has 1 N–H and O–H groups in total. The van der Waals surface area contributed by atoms with E-state index >= 15 is 0 Å². The number of hydrogen-bond acceptors (Lipinski definition) is 5. The summed E-state index contributed by atoms with van der Waals surface area (Å²) in [5.74, 6) is 3.01. The molecule has 5 heteroatoms. The lowest BCUT2D eigenvalue weighted by Crippen LogP contribution is -2.06. The second-order valence-electron chi connectivity index (χ2n) is 3.61. The van der Waals surface area contributed by atoms with Gasteiger partial charge in [0.1, 0.15) is 12.1 Å². The summed E-state index contributed by atoms with van der Waals surface area (Å²) in [5, 5.41) is 5.49. The van der Waals surface area contributed by atoms with E-state index in [1.165, 1.54) is 5.56 Å². The van der Waals surface area contributed by atoms with Crippen molar-refractivity contribution < 1.29 is 0 Å². The zero-order valence-electron chi connectivity index (χ0n) is 9.77. The van der Waals surface area contributed by atoms with Crippen LogP contribution in [0.25, 0.3) is 10.2 Å².